The number of rotatable bonds is 46. The standard InChI is InChI=1S/C50H99N2O6P/c1-6-8-10-12-13-14-15-16-17-18-19-20-21-22-23-24-25-26-27-28-29-30-31-32-33-34-35-36-37-38-39-40-42-44-50(54)51-48(49(53)43-41-11-9-7-2)47-58-59(55,56)57-46-45-52(3,4)5/h15-16,18-19,48-49,53H,6-14,17,20-47H2,1-5H3,(H-,51,54,55,56)/b16-15-,19-18-. The van der Waals surface area contributed by atoms with Crippen LogP contribution in [0.2, 0.25) is 0 Å². The number of likely N-dealkylation sites (N-methyl/N-ethyl adjacent to an activating group) is 1. The highest BCUT2D eigenvalue weighted by molar-refractivity contribution is 7.45. The number of allylic oxidation sites excluding steroid dienone is 4. The maximum Gasteiger partial charge on any atom is 0.268 e. The number of carbonyl (C=O) groups is 1. The largest absolute Gasteiger partial charge is 0.756 e. The molecule has 0 aromatic rings. The molecule has 0 fully saturated rings. The van der Waals surface area contributed by atoms with Gasteiger partial charge in [-0.15, -0.1) is 0 Å². The van der Waals surface area contributed by atoms with Crippen molar-refractivity contribution in [2.75, 3.05) is 40.9 Å². The highest BCUT2D eigenvalue weighted by Gasteiger charge is 2.24. The van der Waals surface area contributed by atoms with Gasteiger partial charge in [-0.2, -0.15) is 0 Å². The molecule has 0 rings (SSSR count). The zero-order valence-electron chi connectivity index (χ0n) is 39.7. The van der Waals surface area contributed by atoms with Crippen molar-refractivity contribution in [3.05, 3.63) is 24.3 Å². The first-order valence-corrected chi connectivity index (χ1v) is 26.6. The summed E-state index contributed by atoms with van der Waals surface area (Å²) in [6.45, 7) is 4.59. The van der Waals surface area contributed by atoms with Crippen LogP contribution in [-0.4, -0.2) is 68.5 Å². The third-order valence-corrected chi connectivity index (χ3v) is 12.4. The molecule has 350 valence electrons. The molecule has 3 unspecified atom stereocenters. The van der Waals surface area contributed by atoms with Gasteiger partial charge in [0.1, 0.15) is 13.2 Å². The lowest BCUT2D eigenvalue weighted by molar-refractivity contribution is -0.870. The molecule has 0 radical (unpaired) electrons. The third-order valence-electron chi connectivity index (χ3n) is 11.4. The van der Waals surface area contributed by atoms with E-state index in [0.717, 1.165) is 51.4 Å². The van der Waals surface area contributed by atoms with Crippen LogP contribution < -0.4 is 10.2 Å². The molecule has 3 atom stereocenters. The maximum atomic E-state index is 12.8. The lowest BCUT2D eigenvalue weighted by Crippen LogP contribution is -2.46. The average molecular weight is 855 g/mol. The van der Waals surface area contributed by atoms with Crippen molar-refractivity contribution in [3.63, 3.8) is 0 Å². The zero-order chi connectivity index (χ0) is 43.6. The Labute approximate surface area is 366 Å². The molecule has 0 aliphatic rings. The van der Waals surface area contributed by atoms with Crippen LogP contribution in [-0.2, 0) is 18.4 Å². The smallest absolute Gasteiger partial charge is 0.268 e. The number of aliphatic hydroxyl groups excluding tert-OH is 1. The molecular formula is C50H99N2O6P. The third kappa shape index (κ3) is 44.8. The summed E-state index contributed by atoms with van der Waals surface area (Å²) < 4.78 is 23.0. The summed E-state index contributed by atoms with van der Waals surface area (Å²) >= 11 is 0. The number of carbonyl (C=O) groups excluding carboxylic acids is 1. The topological polar surface area (TPSA) is 108 Å². The number of nitrogens with one attached hydrogen (secondary N) is 1. The van der Waals surface area contributed by atoms with E-state index in [2.05, 4.69) is 43.5 Å². The zero-order valence-corrected chi connectivity index (χ0v) is 40.6. The number of phosphoric acid groups is 1. The Morgan fingerprint density at radius 3 is 1.41 bits per heavy atom. The first-order chi connectivity index (χ1) is 28.5. The fourth-order valence-corrected chi connectivity index (χ4v) is 8.15. The first-order valence-electron chi connectivity index (χ1n) is 25.2. The molecule has 0 aromatic carbocycles. The van der Waals surface area contributed by atoms with E-state index in [-0.39, 0.29) is 19.1 Å². The summed E-state index contributed by atoms with van der Waals surface area (Å²) in [5.74, 6) is -0.171. The van der Waals surface area contributed by atoms with E-state index in [0.29, 0.717) is 23.9 Å². The van der Waals surface area contributed by atoms with Crippen LogP contribution in [0.25, 0.3) is 0 Å². The van der Waals surface area contributed by atoms with Crippen LogP contribution in [0.3, 0.4) is 0 Å². The number of quaternary nitrogens is 1. The number of amides is 1. The number of aliphatic hydroxyl groups is 1. The van der Waals surface area contributed by atoms with Crippen LogP contribution in [0, 0.1) is 0 Å². The van der Waals surface area contributed by atoms with Crippen LogP contribution in [0.15, 0.2) is 24.3 Å². The van der Waals surface area contributed by atoms with Crippen molar-refractivity contribution in [1.82, 2.24) is 5.32 Å². The van der Waals surface area contributed by atoms with Crippen molar-refractivity contribution in [3.8, 4) is 0 Å². The lowest BCUT2D eigenvalue weighted by atomic mass is 10.0. The number of hydrogen-bond acceptors (Lipinski definition) is 6. The van der Waals surface area contributed by atoms with Gasteiger partial charge in [0.15, 0.2) is 0 Å². The fraction of sp³-hybridized carbons (Fsp3) is 0.900. The fourth-order valence-electron chi connectivity index (χ4n) is 7.42. The Balaban J connectivity index is 3.73. The van der Waals surface area contributed by atoms with Crippen molar-refractivity contribution in [2.24, 2.45) is 0 Å². The van der Waals surface area contributed by atoms with Crippen molar-refractivity contribution in [1.29, 1.82) is 0 Å². The van der Waals surface area contributed by atoms with E-state index >= 15 is 0 Å². The van der Waals surface area contributed by atoms with E-state index in [1.807, 2.05) is 21.1 Å². The van der Waals surface area contributed by atoms with Crippen molar-refractivity contribution in [2.45, 2.75) is 251 Å². The number of nitrogens with zero attached hydrogens (tertiary/aromatic N) is 1. The lowest BCUT2D eigenvalue weighted by Gasteiger charge is -2.30. The Morgan fingerprint density at radius 2 is 0.983 bits per heavy atom. The van der Waals surface area contributed by atoms with Gasteiger partial charge in [0, 0.05) is 6.42 Å². The molecule has 9 heteroatoms. The second kappa shape index (κ2) is 42.3. The first kappa shape index (κ1) is 58.0. The van der Waals surface area contributed by atoms with E-state index in [9.17, 15) is 19.4 Å². The van der Waals surface area contributed by atoms with Gasteiger partial charge in [-0.05, 0) is 44.9 Å². The molecule has 0 aliphatic heterocycles. The van der Waals surface area contributed by atoms with Crippen molar-refractivity contribution < 1.29 is 32.9 Å². The number of unbranched alkanes of at least 4 members (excludes halogenated alkanes) is 29. The van der Waals surface area contributed by atoms with Gasteiger partial charge in [0.05, 0.1) is 39.9 Å². The Kier molecular flexibility index (Phi) is 41.6. The molecule has 0 saturated heterocycles. The second-order valence-electron chi connectivity index (χ2n) is 18.5. The van der Waals surface area contributed by atoms with Crippen LogP contribution in [0.1, 0.15) is 239 Å². The molecule has 0 aliphatic carbocycles. The van der Waals surface area contributed by atoms with Crippen LogP contribution in [0.4, 0.5) is 0 Å². The van der Waals surface area contributed by atoms with Gasteiger partial charge in [-0.1, -0.05) is 212 Å². The highest BCUT2D eigenvalue weighted by Crippen LogP contribution is 2.38. The Morgan fingerprint density at radius 1 is 0.593 bits per heavy atom. The number of hydrogen-bond donors (Lipinski definition) is 2. The average Bonchev–Trinajstić information content (AvgIpc) is 3.19. The van der Waals surface area contributed by atoms with E-state index in [4.69, 9.17) is 9.05 Å². The number of phosphoric ester groups is 1. The van der Waals surface area contributed by atoms with Gasteiger partial charge in [-0.25, -0.2) is 0 Å². The molecule has 0 saturated carbocycles. The molecule has 1 amide bonds. The molecule has 8 nitrogen and oxygen atoms in total. The molecule has 0 aromatic heterocycles. The summed E-state index contributed by atoms with van der Waals surface area (Å²) in [6.07, 6.45) is 51.4. The predicted octanol–water partition coefficient (Wildman–Crippen LogP) is 13.8. The normalized spacial score (nSPS) is 14.4. The molecule has 2 N–H and O–H groups in total. The maximum absolute atomic E-state index is 12.8. The monoisotopic (exact) mass is 855 g/mol. The summed E-state index contributed by atoms with van der Waals surface area (Å²) in [4.78, 5) is 25.1. The van der Waals surface area contributed by atoms with E-state index in [1.165, 1.54) is 161 Å². The van der Waals surface area contributed by atoms with Gasteiger partial charge in [-0.3, -0.25) is 9.36 Å². The van der Waals surface area contributed by atoms with E-state index < -0.39 is 20.0 Å². The SMILES string of the molecule is CCCCCCC/C=C\C/C=C\CCCCCCCCCCCCCCCCCCCCCCCC(=O)NC(COP(=O)([O-])OCC[N+](C)(C)C)C(O)CCCCCC. The van der Waals surface area contributed by atoms with Crippen LogP contribution >= 0.6 is 7.82 Å². The Bertz CT molecular complexity index is 1020. The second-order valence-corrected chi connectivity index (χ2v) is 19.9. The quantitative estimate of drug-likeness (QED) is 0.0273. The van der Waals surface area contributed by atoms with Crippen LogP contribution in [0.5, 0.6) is 0 Å². The molecular weight excluding hydrogens is 756 g/mol. The minimum Gasteiger partial charge on any atom is -0.756 e. The highest BCUT2D eigenvalue weighted by atomic mass is 31.2. The Hall–Kier alpha value is -1.02. The van der Waals surface area contributed by atoms with Crippen molar-refractivity contribution >= 4 is 13.7 Å². The summed E-state index contributed by atoms with van der Waals surface area (Å²) in [5.41, 5.74) is 0. The summed E-state index contributed by atoms with van der Waals surface area (Å²) in [6, 6.07) is -0.793. The van der Waals surface area contributed by atoms with Gasteiger partial charge >= 0.3 is 0 Å². The molecule has 0 bridgehead atoms. The predicted molar refractivity (Wildman–Crippen MR) is 252 cm³/mol. The van der Waals surface area contributed by atoms with Gasteiger partial charge < -0.3 is 28.8 Å². The van der Waals surface area contributed by atoms with Gasteiger partial charge in [0.2, 0.25) is 5.91 Å². The minimum atomic E-state index is -4.54. The minimum absolute atomic E-state index is 0.0127. The summed E-state index contributed by atoms with van der Waals surface area (Å²) in [7, 11) is 1.31. The molecule has 0 heterocycles. The summed E-state index contributed by atoms with van der Waals surface area (Å²) in [5, 5.41) is 13.6. The molecule has 59 heavy (non-hydrogen) atoms. The molecule has 0 spiro atoms. The van der Waals surface area contributed by atoms with Gasteiger partial charge in [0.25, 0.3) is 7.82 Å². The van der Waals surface area contributed by atoms with E-state index in [1.54, 1.807) is 0 Å².